The van der Waals surface area contributed by atoms with Gasteiger partial charge in [0.05, 0.1) is 0 Å². The Labute approximate surface area is 82.3 Å². The van der Waals surface area contributed by atoms with Gasteiger partial charge in [0.25, 0.3) is 0 Å². The molecule has 0 amide bonds. The van der Waals surface area contributed by atoms with E-state index in [4.69, 9.17) is 0 Å². The summed E-state index contributed by atoms with van der Waals surface area (Å²) < 4.78 is 0. The minimum atomic E-state index is 0.522. The van der Waals surface area contributed by atoms with E-state index in [2.05, 4.69) is 51.6 Å². The van der Waals surface area contributed by atoms with Gasteiger partial charge in [-0.1, -0.05) is 39.8 Å². The van der Waals surface area contributed by atoms with Crippen molar-refractivity contribution in [2.24, 2.45) is 16.8 Å². The van der Waals surface area contributed by atoms with Crippen molar-refractivity contribution >= 4 is 6.72 Å². The molecule has 0 aliphatic rings. The van der Waals surface area contributed by atoms with Gasteiger partial charge in [-0.05, 0) is 30.5 Å². The molecule has 74 valence electrons. The van der Waals surface area contributed by atoms with Crippen LogP contribution in [0.5, 0.6) is 0 Å². The van der Waals surface area contributed by atoms with Crippen LogP contribution in [-0.2, 0) is 0 Å². The average molecular weight is 179 g/mol. The van der Waals surface area contributed by atoms with Crippen LogP contribution in [0.15, 0.2) is 28.9 Å². The van der Waals surface area contributed by atoms with Crippen molar-refractivity contribution in [1.82, 2.24) is 0 Å². The normalized spacial score (nSPS) is 13.2. The van der Waals surface area contributed by atoms with Crippen LogP contribution >= 0.6 is 0 Å². The summed E-state index contributed by atoms with van der Waals surface area (Å²) in [6.07, 6.45) is 7.32. The van der Waals surface area contributed by atoms with Crippen molar-refractivity contribution in [3.8, 4) is 0 Å². The van der Waals surface area contributed by atoms with Gasteiger partial charge in [0.2, 0.25) is 0 Å². The Morgan fingerprint density at radius 2 is 1.92 bits per heavy atom. The number of hydrogen-bond acceptors (Lipinski definition) is 1. The van der Waals surface area contributed by atoms with Crippen molar-refractivity contribution in [2.45, 2.75) is 34.1 Å². The lowest BCUT2D eigenvalue weighted by Gasteiger charge is -2.04. The summed E-state index contributed by atoms with van der Waals surface area (Å²) in [7, 11) is 0. The highest BCUT2D eigenvalue weighted by Gasteiger charge is 1.97. The van der Waals surface area contributed by atoms with E-state index in [-0.39, 0.29) is 0 Å². The molecular weight excluding hydrogens is 158 g/mol. The molecule has 0 aliphatic carbocycles. The summed E-state index contributed by atoms with van der Waals surface area (Å²) in [6, 6.07) is 0. The molecule has 0 bridgehead atoms. The Morgan fingerprint density at radius 3 is 2.31 bits per heavy atom. The van der Waals surface area contributed by atoms with Crippen LogP contribution < -0.4 is 0 Å². The first-order chi connectivity index (χ1) is 6.07. The lowest BCUT2D eigenvalue weighted by Crippen LogP contribution is -1.90. The molecule has 1 nitrogen and oxygen atoms in total. The second-order valence-corrected chi connectivity index (χ2v) is 4.00. The third-order valence-corrected chi connectivity index (χ3v) is 1.82. The largest absolute Gasteiger partial charge is 0.272 e. The van der Waals surface area contributed by atoms with Gasteiger partial charge in [-0.15, -0.1) is 0 Å². The van der Waals surface area contributed by atoms with Gasteiger partial charge in [-0.3, -0.25) is 4.99 Å². The number of rotatable bonds is 5. The first-order valence-electron chi connectivity index (χ1n) is 4.90. The van der Waals surface area contributed by atoms with Gasteiger partial charge in [0, 0.05) is 6.20 Å². The van der Waals surface area contributed by atoms with Crippen LogP contribution in [0.3, 0.4) is 0 Å². The molecular formula is C12H21N. The molecule has 0 aromatic rings. The topological polar surface area (TPSA) is 12.4 Å². The van der Waals surface area contributed by atoms with Crippen molar-refractivity contribution in [3.05, 3.63) is 23.9 Å². The number of nitrogens with zero attached hydrogens (tertiary/aromatic N) is 1. The Balaban J connectivity index is 4.18. The molecule has 0 N–H and O–H groups in total. The van der Waals surface area contributed by atoms with Crippen molar-refractivity contribution in [3.63, 3.8) is 0 Å². The van der Waals surface area contributed by atoms with Gasteiger partial charge in [0.1, 0.15) is 0 Å². The smallest absolute Gasteiger partial charge is 0.0295 e. The average Bonchev–Trinajstić information content (AvgIpc) is 2.02. The van der Waals surface area contributed by atoms with Crippen LogP contribution in [0, 0.1) is 11.8 Å². The quantitative estimate of drug-likeness (QED) is 0.449. The fraction of sp³-hybridized carbons (Fsp3) is 0.583. The van der Waals surface area contributed by atoms with E-state index in [1.54, 1.807) is 0 Å². The first-order valence-corrected chi connectivity index (χ1v) is 4.90. The maximum atomic E-state index is 3.79. The lowest BCUT2D eigenvalue weighted by atomic mass is 10.0. The summed E-state index contributed by atoms with van der Waals surface area (Å²) >= 11 is 0. The summed E-state index contributed by atoms with van der Waals surface area (Å²) in [5.41, 5.74) is 1.25. The van der Waals surface area contributed by atoms with E-state index in [1.807, 2.05) is 6.20 Å². The van der Waals surface area contributed by atoms with Gasteiger partial charge in [-0.25, -0.2) is 0 Å². The van der Waals surface area contributed by atoms with Crippen LogP contribution in [0.4, 0.5) is 0 Å². The predicted octanol–water partition coefficient (Wildman–Crippen LogP) is 3.83. The van der Waals surface area contributed by atoms with Gasteiger partial charge in [-0.2, -0.15) is 0 Å². The molecule has 0 aromatic heterocycles. The van der Waals surface area contributed by atoms with Crippen LogP contribution in [-0.4, -0.2) is 6.72 Å². The van der Waals surface area contributed by atoms with Crippen molar-refractivity contribution in [1.29, 1.82) is 0 Å². The minimum absolute atomic E-state index is 0.522. The van der Waals surface area contributed by atoms with E-state index in [0.717, 1.165) is 12.3 Å². The number of allylic oxidation sites excluding steroid dienone is 3. The summed E-state index contributed by atoms with van der Waals surface area (Å²) in [6.45, 7) is 12.2. The maximum Gasteiger partial charge on any atom is 0.0295 e. The van der Waals surface area contributed by atoms with E-state index < -0.39 is 0 Å². The number of aliphatic imine (C=N–C) groups is 1. The summed E-state index contributed by atoms with van der Waals surface area (Å²) in [5, 5.41) is 0. The Bertz CT molecular complexity index is 197. The minimum Gasteiger partial charge on any atom is -0.272 e. The molecule has 0 aliphatic heterocycles. The first kappa shape index (κ1) is 12.2. The maximum absolute atomic E-state index is 3.79. The van der Waals surface area contributed by atoms with Gasteiger partial charge < -0.3 is 0 Å². The van der Waals surface area contributed by atoms with E-state index in [9.17, 15) is 0 Å². The molecule has 1 heteroatoms. The fourth-order valence-electron chi connectivity index (χ4n) is 0.966. The van der Waals surface area contributed by atoms with Crippen LogP contribution in [0.1, 0.15) is 34.1 Å². The Morgan fingerprint density at radius 1 is 1.31 bits per heavy atom. The second kappa shape index (κ2) is 6.64. The SMILES string of the molecule is C=N/C=C(\C=C/CC(C)C)C(C)C. The molecule has 0 saturated carbocycles. The van der Waals surface area contributed by atoms with Crippen LogP contribution in [0.25, 0.3) is 0 Å². The summed E-state index contributed by atoms with van der Waals surface area (Å²) in [5.74, 6) is 1.25. The Kier molecular flexibility index (Phi) is 6.21. The third-order valence-electron chi connectivity index (χ3n) is 1.82. The highest BCUT2D eigenvalue weighted by Crippen LogP contribution is 2.12. The molecule has 0 rings (SSSR count). The lowest BCUT2D eigenvalue weighted by molar-refractivity contribution is 0.662. The highest BCUT2D eigenvalue weighted by atomic mass is 14.6. The zero-order valence-corrected chi connectivity index (χ0v) is 9.25. The number of hydrogen-bond donors (Lipinski definition) is 0. The molecule has 0 spiro atoms. The molecule has 13 heavy (non-hydrogen) atoms. The molecule has 0 unspecified atom stereocenters. The Hall–Kier alpha value is -0.850. The van der Waals surface area contributed by atoms with E-state index >= 15 is 0 Å². The van der Waals surface area contributed by atoms with Crippen LogP contribution in [0.2, 0.25) is 0 Å². The molecule has 0 saturated heterocycles. The predicted molar refractivity (Wildman–Crippen MR) is 61.1 cm³/mol. The second-order valence-electron chi connectivity index (χ2n) is 4.00. The highest BCUT2D eigenvalue weighted by molar-refractivity contribution is 5.29. The fourth-order valence-corrected chi connectivity index (χ4v) is 0.966. The van der Waals surface area contributed by atoms with E-state index in [1.165, 1.54) is 5.57 Å². The molecule has 0 fully saturated rings. The van der Waals surface area contributed by atoms with Gasteiger partial charge >= 0.3 is 0 Å². The summed E-state index contributed by atoms with van der Waals surface area (Å²) in [4.78, 5) is 3.79. The molecule has 0 atom stereocenters. The molecule has 0 radical (unpaired) electrons. The van der Waals surface area contributed by atoms with Crippen molar-refractivity contribution in [2.75, 3.05) is 0 Å². The zero-order valence-electron chi connectivity index (χ0n) is 9.25. The molecule has 0 heterocycles. The van der Waals surface area contributed by atoms with Gasteiger partial charge in [0.15, 0.2) is 0 Å². The molecule has 0 aromatic carbocycles. The van der Waals surface area contributed by atoms with Crippen molar-refractivity contribution < 1.29 is 0 Å². The monoisotopic (exact) mass is 179 g/mol. The third kappa shape index (κ3) is 6.32. The zero-order chi connectivity index (χ0) is 10.3. The standard InChI is InChI=1S/C12H21N/c1-10(2)7-6-8-12(9-13-5)11(3)4/h6,8-11H,5,7H2,1-4H3/b8-6-,12-9+. The van der Waals surface area contributed by atoms with E-state index in [0.29, 0.717) is 5.92 Å².